The molecule has 126 valence electrons. The van der Waals surface area contributed by atoms with Crippen LogP contribution < -0.4 is 5.32 Å². The summed E-state index contributed by atoms with van der Waals surface area (Å²) in [6, 6.07) is 0. The summed E-state index contributed by atoms with van der Waals surface area (Å²) in [5.41, 5.74) is -1.84. The van der Waals surface area contributed by atoms with Crippen molar-refractivity contribution in [2.75, 3.05) is 25.7 Å². The molecule has 0 bridgehead atoms. The number of hydrogen-bond donors (Lipinski definition) is 1. The van der Waals surface area contributed by atoms with Crippen LogP contribution in [-0.2, 0) is 23.9 Å². The van der Waals surface area contributed by atoms with Gasteiger partial charge in [-0.3, -0.25) is 4.79 Å². The fraction of sp³-hybridized carbons (Fsp3) is 0.600. The summed E-state index contributed by atoms with van der Waals surface area (Å²) in [6.45, 7) is 4.69. The van der Waals surface area contributed by atoms with Gasteiger partial charge in [0.05, 0.1) is 13.2 Å². The van der Waals surface area contributed by atoms with Crippen LogP contribution in [0.15, 0.2) is 12.2 Å². The van der Waals surface area contributed by atoms with E-state index in [1.54, 1.807) is 26.0 Å². The van der Waals surface area contributed by atoms with E-state index in [1.165, 1.54) is 6.92 Å². The molecule has 0 atom stereocenters. The van der Waals surface area contributed by atoms with E-state index < -0.39 is 23.4 Å². The summed E-state index contributed by atoms with van der Waals surface area (Å²) in [5.74, 6) is -2.15. The molecular weight excluding hydrogens is 306 g/mol. The number of rotatable bonds is 8. The summed E-state index contributed by atoms with van der Waals surface area (Å²) in [7, 11) is 0.0857. The Hall–Kier alpha value is -1.63. The number of ether oxygens (including phenoxy) is 2. The predicted octanol–water partition coefficient (Wildman–Crippen LogP) is 1.26. The number of carbonyl (C=O) groups is 3. The van der Waals surface area contributed by atoms with E-state index in [1.807, 2.05) is 17.9 Å². The van der Waals surface area contributed by atoms with Crippen LogP contribution in [0.2, 0.25) is 0 Å². The molecule has 0 saturated carbocycles. The van der Waals surface area contributed by atoms with Crippen LogP contribution in [0, 0.1) is 0 Å². The maximum Gasteiger partial charge on any atom is 0.344 e. The van der Waals surface area contributed by atoms with Crippen molar-refractivity contribution in [2.45, 2.75) is 32.7 Å². The molecule has 0 aromatic rings. The standard InChI is InChI=1S/C15H25NO5S/c1-6-20-13(18)15(16-12(3)17,14(19)21-7-2)10-8-9-11-22(4)5/h8-9,11H,6-7,10H2,1-5H3,(H,16,17)/b9-8+. The molecule has 22 heavy (non-hydrogen) atoms. The summed E-state index contributed by atoms with van der Waals surface area (Å²) in [4.78, 5) is 36.0. The fourth-order valence-electron chi connectivity index (χ4n) is 1.67. The quantitative estimate of drug-likeness (QED) is 0.313. The lowest BCUT2D eigenvalue weighted by atomic mass is 9.94. The molecule has 6 nitrogen and oxygen atoms in total. The predicted molar refractivity (Wildman–Crippen MR) is 89.1 cm³/mol. The van der Waals surface area contributed by atoms with Crippen molar-refractivity contribution in [1.29, 1.82) is 0 Å². The lowest BCUT2D eigenvalue weighted by Gasteiger charge is -2.28. The van der Waals surface area contributed by atoms with Gasteiger partial charge in [-0.15, -0.1) is 0 Å². The van der Waals surface area contributed by atoms with Crippen molar-refractivity contribution >= 4 is 33.7 Å². The van der Waals surface area contributed by atoms with Crippen LogP contribution in [0.5, 0.6) is 0 Å². The molecular formula is C15H25NO5S. The Bertz CT molecular complexity index is 449. The SMILES string of the molecule is CCOC(=O)C(C/C=C/C=S(C)C)(NC(C)=O)C(=O)OCC. The largest absolute Gasteiger partial charge is 0.464 e. The van der Waals surface area contributed by atoms with E-state index in [4.69, 9.17) is 9.47 Å². The first-order chi connectivity index (χ1) is 10.3. The number of hydrogen-bond acceptors (Lipinski definition) is 5. The average molecular weight is 331 g/mol. The third-order valence-electron chi connectivity index (χ3n) is 2.55. The highest BCUT2D eigenvalue weighted by Gasteiger charge is 2.49. The van der Waals surface area contributed by atoms with Crippen molar-refractivity contribution in [3.8, 4) is 0 Å². The molecule has 0 rings (SSSR count). The summed E-state index contributed by atoms with van der Waals surface area (Å²) in [6.07, 6.45) is 7.44. The Kier molecular flexibility index (Phi) is 9.40. The highest BCUT2D eigenvalue weighted by atomic mass is 32.2. The Morgan fingerprint density at radius 1 is 1.09 bits per heavy atom. The van der Waals surface area contributed by atoms with Gasteiger partial charge in [-0.2, -0.15) is 10.5 Å². The van der Waals surface area contributed by atoms with E-state index in [2.05, 4.69) is 5.32 Å². The number of amides is 1. The van der Waals surface area contributed by atoms with Crippen LogP contribution >= 0.6 is 10.5 Å². The van der Waals surface area contributed by atoms with Gasteiger partial charge in [0, 0.05) is 13.3 Å². The molecule has 7 heteroatoms. The first-order valence-corrected chi connectivity index (χ1v) is 9.10. The van der Waals surface area contributed by atoms with Crippen LogP contribution in [0.1, 0.15) is 27.2 Å². The molecule has 0 fully saturated rings. The molecule has 0 aromatic carbocycles. The smallest absolute Gasteiger partial charge is 0.344 e. The van der Waals surface area contributed by atoms with Crippen LogP contribution in [-0.4, -0.2) is 54.5 Å². The molecule has 0 aliphatic rings. The topological polar surface area (TPSA) is 81.7 Å². The zero-order chi connectivity index (χ0) is 17.2. The zero-order valence-corrected chi connectivity index (χ0v) is 14.6. The minimum atomic E-state index is -1.84. The van der Waals surface area contributed by atoms with Gasteiger partial charge in [0.25, 0.3) is 0 Å². The second-order valence-corrected chi connectivity index (χ2v) is 6.71. The molecule has 0 spiro atoms. The van der Waals surface area contributed by atoms with E-state index in [-0.39, 0.29) is 30.1 Å². The van der Waals surface area contributed by atoms with Gasteiger partial charge in [-0.25, -0.2) is 9.59 Å². The van der Waals surface area contributed by atoms with Gasteiger partial charge in [0.15, 0.2) is 0 Å². The normalized spacial score (nSPS) is 11.4. The highest BCUT2D eigenvalue weighted by Crippen LogP contribution is 2.17. The number of allylic oxidation sites excluding steroid dienone is 1. The molecule has 1 N–H and O–H groups in total. The molecule has 0 heterocycles. The van der Waals surface area contributed by atoms with Crippen LogP contribution in [0.25, 0.3) is 0 Å². The van der Waals surface area contributed by atoms with Crippen LogP contribution in [0.4, 0.5) is 0 Å². The van der Waals surface area contributed by atoms with E-state index in [9.17, 15) is 14.4 Å². The lowest BCUT2D eigenvalue weighted by Crippen LogP contribution is -2.60. The van der Waals surface area contributed by atoms with Gasteiger partial charge in [-0.05, 0) is 31.7 Å². The van der Waals surface area contributed by atoms with Gasteiger partial charge in [0.1, 0.15) is 0 Å². The first kappa shape index (κ1) is 20.4. The number of nitrogens with one attached hydrogen (secondary N) is 1. The number of esters is 2. The molecule has 0 aliphatic heterocycles. The molecule has 0 aromatic heterocycles. The minimum Gasteiger partial charge on any atom is -0.464 e. The minimum absolute atomic E-state index is 0.0298. The van der Waals surface area contributed by atoms with Crippen molar-refractivity contribution in [2.24, 2.45) is 0 Å². The molecule has 0 saturated heterocycles. The molecule has 1 amide bonds. The van der Waals surface area contributed by atoms with Gasteiger partial charge in [0.2, 0.25) is 11.4 Å². The Balaban J connectivity index is 5.57. The van der Waals surface area contributed by atoms with E-state index >= 15 is 0 Å². The van der Waals surface area contributed by atoms with Crippen molar-refractivity contribution in [1.82, 2.24) is 5.32 Å². The third-order valence-corrected chi connectivity index (χ3v) is 3.25. The Morgan fingerprint density at radius 3 is 1.95 bits per heavy atom. The monoisotopic (exact) mass is 331 g/mol. The van der Waals surface area contributed by atoms with Crippen molar-refractivity contribution in [3.63, 3.8) is 0 Å². The second-order valence-electron chi connectivity index (χ2n) is 4.68. The zero-order valence-electron chi connectivity index (χ0n) is 13.8. The number of carbonyl (C=O) groups excluding carboxylic acids is 3. The maximum absolute atomic E-state index is 12.3. The summed E-state index contributed by atoms with van der Waals surface area (Å²) in [5, 5.41) is 4.34. The van der Waals surface area contributed by atoms with Crippen LogP contribution in [0.3, 0.4) is 0 Å². The average Bonchev–Trinajstić information content (AvgIpc) is 2.41. The Labute approximate surface area is 134 Å². The van der Waals surface area contributed by atoms with E-state index in [0.29, 0.717) is 0 Å². The third kappa shape index (κ3) is 6.43. The summed E-state index contributed by atoms with van der Waals surface area (Å²) >= 11 is 0. The lowest BCUT2D eigenvalue weighted by molar-refractivity contribution is -0.167. The van der Waals surface area contributed by atoms with Gasteiger partial charge in [-0.1, -0.05) is 12.2 Å². The fourth-order valence-corrected chi connectivity index (χ4v) is 2.10. The molecule has 0 aliphatic carbocycles. The highest BCUT2D eigenvalue weighted by molar-refractivity contribution is 8.14. The maximum atomic E-state index is 12.3. The van der Waals surface area contributed by atoms with Gasteiger partial charge >= 0.3 is 11.9 Å². The van der Waals surface area contributed by atoms with Crippen molar-refractivity contribution < 1.29 is 23.9 Å². The first-order valence-electron chi connectivity index (χ1n) is 6.99. The van der Waals surface area contributed by atoms with Crippen molar-refractivity contribution in [3.05, 3.63) is 12.2 Å². The van der Waals surface area contributed by atoms with E-state index in [0.717, 1.165) is 0 Å². The Morgan fingerprint density at radius 2 is 1.59 bits per heavy atom. The second kappa shape index (κ2) is 10.2. The summed E-state index contributed by atoms with van der Waals surface area (Å²) < 4.78 is 9.91. The molecule has 0 unspecified atom stereocenters. The van der Waals surface area contributed by atoms with Gasteiger partial charge < -0.3 is 14.8 Å². The molecule has 0 radical (unpaired) electrons.